The molecule has 0 bridgehead atoms. The Hall–Kier alpha value is -2.18. The van der Waals surface area contributed by atoms with Gasteiger partial charge in [0.15, 0.2) is 0 Å². The molecule has 0 aromatic heterocycles. The van der Waals surface area contributed by atoms with E-state index in [2.05, 4.69) is 6.92 Å². The third-order valence-electron chi connectivity index (χ3n) is 7.27. The summed E-state index contributed by atoms with van der Waals surface area (Å²) in [6.45, 7) is 10.7. The van der Waals surface area contributed by atoms with Gasteiger partial charge in [-0.3, -0.25) is 14.5 Å². The number of benzene rings is 2. The third-order valence-corrected chi connectivity index (χ3v) is 7.27. The van der Waals surface area contributed by atoms with Crippen LogP contribution in [0, 0.1) is 0 Å². The molecule has 4 rings (SSSR count). The number of carbonyl (C=O) groups is 2. The van der Waals surface area contributed by atoms with E-state index in [9.17, 15) is 9.59 Å². The number of carbonyl (C=O) groups excluding carboxylic acids is 2. The minimum Gasteiger partial charge on any atom is -0.399 e. The van der Waals surface area contributed by atoms with E-state index in [0.717, 1.165) is 30.1 Å². The zero-order valence-corrected chi connectivity index (χ0v) is 20.0. The van der Waals surface area contributed by atoms with Crippen molar-refractivity contribution in [3.63, 3.8) is 0 Å². The van der Waals surface area contributed by atoms with Crippen LogP contribution in [-0.2, 0) is 9.31 Å². The first-order chi connectivity index (χ1) is 15.2. The van der Waals surface area contributed by atoms with E-state index in [-0.39, 0.29) is 11.8 Å². The van der Waals surface area contributed by atoms with Gasteiger partial charge in [0, 0.05) is 23.1 Å². The number of rotatable bonds is 8. The summed E-state index contributed by atoms with van der Waals surface area (Å²) in [6, 6.07) is 9.40. The molecule has 1 saturated heterocycles. The minimum atomic E-state index is -0.546. The lowest BCUT2D eigenvalue weighted by Crippen LogP contribution is -2.42. The molecule has 0 radical (unpaired) electrons. The van der Waals surface area contributed by atoms with Gasteiger partial charge in [-0.2, -0.15) is 0 Å². The van der Waals surface area contributed by atoms with Crippen molar-refractivity contribution in [2.24, 2.45) is 0 Å². The highest BCUT2D eigenvalue weighted by Crippen LogP contribution is 2.38. The van der Waals surface area contributed by atoms with Crippen LogP contribution in [0.15, 0.2) is 30.3 Å². The van der Waals surface area contributed by atoms with Crippen molar-refractivity contribution in [1.82, 2.24) is 4.90 Å². The molecule has 0 saturated carbocycles. The van der Waals surface area contributed by atoms with Crippen molar-refractivity contribution >= 4 is 35.2 Å². The van der Waals surface area contributed by atoms with Crippen LogP contribution in [0.2, 0.25) is 0 Å². The normalized spacial score (nSPS) is 19.3. The Morgan fingerprint density at radius 2 is 1.41 bits per heavy atom. The Labute approximate surface area is 191 Å². The fourth-order valence-electron chi connectivity index (χ4n) is 4.60. The predicted octanol–water partition coefficient (Wildman–Crippen LogP) is 5.10. The van der Waals surface area contributed by atoms with Gasteiger partial charge in [0.25, 0.3) is 11.8 Å². The average Bonchev–Trinajstić information content (AvgIpc) is 2.97. The highest BCUT2D eigenvalue weighted by Gasteiger charge is 2.52. The van der Waals surface area contributed by atoms with Crippen molar-refractivity contribution in [3.8, 4) is 0 Å². The van der Waals surface area contributed by atoms with E-state index in [0.29, 0.717) is 23.1 Å². The van der Waals surface area contributed by atoms with Crippen LogP contribution in [0.25, 0.3) is 10.8 Å². The minimum absolute atomic E-state index is 0.201. The van der Waals surface area contributed by atoms with Crippen molar-refractivity contribution in [3.05, 3.63) is 41.5 Å². The second kappa shape index (κ2) is 8.64. The van der Waals surface area contributed by atoms with Crippen molar-refractivity contribution in [2.75, 3.05) is 6.54 Å². The number of hydrogen-bond donors (Lipinski definition) is 0. The van der Waals surface area contributed by atoms with Gasteiger partial charge in [0.1, 0.15) is 0 Å². The standard InChI is InChI=1S/C26H34BNO4/c1-6-7-8-9-10-11-17-28-23(29)19-14-12-13-18-21(16-15-20(22(18)19)24(28)30)27-31-25(2,3)26(4,5)32-27/h12-16H,6-11,17H2,1-5H3. The number of unbranched alkanes of at least 4 members (excludes halogenated alkanes) is 5. The van der Waals surface area contributed by atoms with Gasteiger partial charge >= 0.3 is 7.12 Å². The second-order valence-electron chi connectivity index (χ2n) is 10.0. The fraction of sp³-hybridized carbons (Fsp3) is 0.538. The van der Waals surface area contributed by atoms with Crippen molar-refractivity contribution in [1.29, 1.82) is 0 Å². The SMILES string of the molecule is CCCCCCCCN1C(=O)c2cccc3c(B4OC(C)(C)C(C)(C)O4)ccc(c23)C1=O. The largest absolute Gasteiger partial charge is 0.495 e. The Morgan fingerprint density at radius 1 is 0.812 bits per heavy atom. The van der Waals surface area contributed by atoms with Crippen LogP contribution in [-0.4, -0.2) is 41.6 Å². The smallest absolute Gasteiger partial charge is 0.399 e. The molecular weight excluding hydrogens is 401 g/mol. The van der Waals surface area contributed by atoms with Gasteiger partial charge in [-0.15, -0.1) is 0 Å². The molecule has 5 nitrogen and oxygen atoms in total. The lowest BCUT2D eigenvalue weighted by Gasteiger charge is -2.32. The van der Waals surface area contributed by atoms with Crippen LogP contribution in [0.5, 0.6) is 0 Å². The number of imide groups is 1. The molecule has 2 aromatic carbocycles. The monoisotopic (exact) mass is 435 g/mol. The first-order valence-corrected chi connectivity index (χ1v) is 12.0. The van der Waals surface area contributed by atoms with Crippen molar-refractivity contribution in [2.45, 2.75) is 84.3 Å². The molecule has 6 heteroatoms. The quantitative estimate of drug-likeness (QED) is 0.329. The van der Waals surface area contributed by atoms with Gasteiger partial charge in [-0.05, 0) is 57.1 Å². The zero-order chi connectivity index (χ0) is 23.1. The third kappa shape index (κ3) is 3.88. The van der Waals surface area contributed by atoms with Gasteiger partial charge in [-0.1, -0.05) is 57.2 Å². The van der Waals surface area contributed by atoms with E-state index in [4.69, 9.17) is 9.31 Å². The number of hydrogen-bond acceptors (Lipinski definition) is 4. The van der Waals surface area contributed by atoms with Gasteiger partial charge < -0.3 is 9.31 Å². The molecule has 0 spiro atoms. The molecule has 2 aliphatic rings. The summed E-state index contributed by atoms with van der Waals surface area (Å²) in [7, 11) is -0.546. The summed E-state index contributed by atoms with van der Waals surface area (Å²) in [6.07, 6.45) is 6.68. The van der Waals surface area contributed by atoms with Gasteiger partial charge in [-0.25, -0.2) is 0 Å². The fourth-order valence-corrected chi connectivity index (χ4v) is 4.60. The maximum atomic E-state index is 13.3. The molecular formula is C26H34BNO4. The maximum Gasteiger partial charge on any atom is 0.495 e. The number of amides is 2. The summed E-state index contributed by atoms with van der Waals surface area (Å²) in [5.41, 5.74) is 1.10. The van der Waals surface area contributed by atoms with Crippen LogP contribution >= 0.6 is 0 Å². The van der Waals surface area contributed by atoms with Crippen LogP contribution in [0.4, 0.5) is 0 Å². The summed E-state index contributed by atoms with van der Waals surface area (Å²) < 4.78 is 12.5. The van der Waals surface area contributed by atoms with Crippen molar-refractivity contribution < 1.29 is 18.9 Å². The van der Waals surface area contributed by atoms with Crippen LogP contribution < -0.4 is 5.46 Å². The predicted molar refractivity (Wildman–Crippen MR) is 128 cm³/mol. The highest BCUT2D eigenvalue weighted by molar-refractivity contribution is 6.65. The summed E-state index contributed by atoms with van der Waals surface area (Å²) in [4.78, 5) is 27.9. The van der Waals surface area contributed by atoms with E-state index in [1.807, 2.05) is 58.0 Å². The first-order valence-electron chi connectivity index (χ1n) is 12.0. The highest BCUT2D eigenvalue weighted by atomic mass is 16.7. The summed E-state index contributed by atoms with van der Waals surface area (Å²) in [5, 5.41) is 1.56. The molecule has 0 aliphatic carbocycles. The average molecular weight is 435 g/mol. The van der Waals surface area contributed by atoms with E-state index < -0.39 is 18.3 Å². The number of nitrogens with zero attached hydrogens (tertiary/aromatic N) is 1. The molecule has 2 aliphatic heterocycles. The molecule has 2 heterocycles. The van der Waals surface area contributed by atoms with Gasteiger partial charge in [0.05, 0.1) is 11.2 Å². The molecule has 0 N–H and O–H groups in total. The Balaban J connectivity index is 1.62. The lowest BCUT2D eigenvalue weighted by atomic mass is 9.74. The van der Waals surface area contributed by atoms with E-state index in [1.54, 1.807) is 0 Å². The van der Waals surface area contributed by atoms with E-state index >= 15 is 0 Å². The summed E-state index contributed by atoms with van der Waals surface area (Å²) >= 11 is 0. The molecule has 0 atom stereocenters. The molecule has 2 amide bonds. The molecule has 2 aromatic rings. The summed E-state index contributed by atoms with van der Waals surface area (Å²) in [5.74, 6) is -0.402. The Kier molecular flexibility index (Phi) is 6.21. The van der Waals surface area contributed by atoms with Gasteiger partial charge in [0.2, 0.25) is 0 Å². The molecule has 1 fully saturated rings. The Morgan fingerprint density at radius 3 is 2.06 bits per heavy atom. The van der Waals surface area contributed by atoms with E-state index in [1.165, 1.54) is 24.2 Å². The Bertz CT molecular complexity index is 1010. The lowest BCUT2D eigenvalue weighted by molar-refractivity contribution is 0.00578. The molecule has 170 valence electrons. The molecule has 32 heavy (non-hydrogen) atoms. The second-order valence-corrected chi connectivity index (χ2v) is 10.0. The van der Waals surface area contributed by atoms with Crippen LogP contribution in [0.1, 0.15) is 93.9 Å². The maximum absolute atomic E-state index is 13.3. The topological polar surface area (TPSA) is 55.8 Å². The zero-order valence-electron chi connectivity index (χ0n) is 20.0. The first kappa shape index (κ1) is 23.0. The van der Waals surface area contributed by atoms with Crippen LogP contribution in [0.3, 0.4) is 0 Å². The molecule has 0 unspecified atom stereocenters.